The highest BCUT2D eigenvalue weighted by atomic mass is 32.2. The highest BCUT2D eigenvalue weighted by Gasteiger charge is 2.31. The van der Waals surface area contributed by atoms with E-state index in [0.29, 0.717) is 32.0 Å². The van der Waals surface area contributed by atoms with E-state index >= 15 is 0 Å². The van der Waals surface area contributed by atoms with Crippen LogP contribution >= 0.6 is 0 Å². The molecule has 2 aliphatic rings. The number of carbonyl (C=O) groups excluding carboxylic acids is 1. The van der Waals surface area contributed by atoms with Gasteiger partial charge in [0.05, 0.1) is 13.2 Å². The lowest BCUT2D eigenvalue weighted by molar-refractivity contribution is 0.0505. The van der Waals surface area contributed by atoms with Crippen molar-refractivity contribution < 1.29 is 27.1 Å². The summed E-state index contributed by atoms with van der Waals surface area (Å²) in [6, 6.07) is 11.0. The fourth-order valence-corrected chi connectivity index (χ4v) is 5.98. The zero-order valence-electron chi connectivity index (χ0n) is 18.7. The molecule has 2 saturated heterocycles. The Labute approximate surface area is 194 Å². The third kappa shape index (κ3) is 5.20. The van der Waals surface area contributed by atoms with E-state index in [4.69, 9.17) is 9.47 Å². The fraction of sp³-hybridized carbons (Fsp3) is 0.458. The van der Waals surface area contributed by atoms with Gasteiger partial charge in [0, 0.05) is 43.9 Å². The molecule has 178 valence electrons. The first-order chi connectivity index (χ1) is 15.9. The van der Waals surface area contributed by atoms with Crippen molar-refractivity contribution in [3.05, 3.63) is 59.4 Å². The smallest absolute Gasteiger partial charge is 0.254 e. The largest absolute Gasteiger partial charge is 0.496 e. The molecule has 2 heterocycles. The van der Waals surface area contributed by atoms with Gasteiger partial charge in [0.2, 0.25) is 10.0 Å². The molecule has 0 radical (unpaired) electrons. The number of amides is 1. The molecule has 2 aliphatic heterocycles. The van der Waals surface area contributed by atoms with Crippen molar-refractivity contribution in [1.82, 2.24) is 9.21 Å². The number of nitrogens with zero attached hydrogens (tertiary/aromatic N) is 2. The summed E-state index contributed by atoms with van der Waals surface area (Å²) in [6.45, 7) is 1.98. The van der Waals surface area contributed by atoms with E-state index < -0.39 is 20.7 Å². The Morgan fingerprint density at radius 3 is 2.64 bits per heavy atom. The number of ether oxygens (including phenoxy) is 2. The third-order valence-electron chi connectivity index (χ3n) is 6.15. The summed E-state index contributed by atoms with van der Waals surface area (Å²) in [5, 5.41) is 0. The molecule has 0 saturated carbocycles. The van der Waals surface area contributed by atoms with Gasteiger partial charge < -0.3 is 14.4 Å². The Morgan fingerprint density at radius 1 is 1.18 bits per heavy atom. The molecule has 0 N–H and O–H groups in total. The van der Waals surface area contributed by atoms with E-state index in [9.17, 15) is 17.6 Å². The van der Waals surface area contributed by atoms with E-state index in [1.165, 1.54) is 10.4 Å². The lowest BCUT2D eigenvalue weighted by Crippen LogP contribution is -2.37. The maximum atomic E-state index is 14.6. The van der Waals surface area contributed by atoms with Gasteiger partial charge >= 0.3 is 0 Å². The van der Waals surface area contributed by atoms with Crippen LogP contribution in [0.25, 0.3) is 0 Å². The van der Waals surface area contributed by atoms with Crippen LogP contribution in [0.2, 0.25) is 0 Å². The Hall–Kier alpha value is -2.49. The van der Waals surface area contributed by atoms with Crippen LogP contribution in [0.1, 0.15) is 41.6 Å². The molecule has 0 aliphatic carbocycles. The number of para-hydroxylation sites is 1. The first kappa shape index (κ1) is 23.7. The van der Waals surface area contributed by atoms with E-state index in [1.54, 1.807) is 12.0 Å². The predicted molar refractivity (Wildman–Crippen MR) is 121 cm³/mol. The van der Waals surface area contributed by atoms with Crippen molar-refractivity contribution in [3.63, 3.8) is 0 Å². The molecule has 2 fully saturated rings. The zero-order valence-corrected chi connectivity index (χ0v) is 19.5. The lowest BCUT2D eigenvalue weighted by Gasteiger charge is -2.27. The summed E-state index contributed by atoms with van der Waals surface area (Å²) < 4.78 is 53.0. The van der Waals surface area contributed by atoms with Crippen molar-refractivity contribution in [3.8, 4) is 5.75 Å². The van der Waals surface area contributed by atoms with E-state index in [1.807, 2.05) is 24.3 Å². The van der Waals surface area contributed by atoms with E-state index in [0.717, 1.165) is 43.4 Å². The predicted octanol–water partition coefficient (Wildman–Crippen LogP) is 3.44. The van der Waals surface area contributed by atoms with Crippen LogP contribution < -0.4 is 4.74 Å². The molecule has 2 aromatic rings. The van der Waals surface area contributed by atoms with Gasteiger partial charge in [-0.15, -0.1) is 0 Å². The molecule has 9 heteroatoms. The molecular weight excluding hydrogens is 447 g/mol. The average molecular weight is 477 g/mol. The minimum absolute atomic E-state index is 0.100. The van der Waals surface area contributed by atoms with E-state index in [2.05, 4.69) is 0 Å². The summed E-state index contributed by atoms with van der Waals surface area (Å²) in [6.07, 6.45) is 3.15. The lowest BCUT2D eigenvalue weighted by atomic mass is 10.1. The molecule has 0 spiro atoms. The molecule has 2 aromatic carbocycles. The SMILES string of the molecule is COc1ccccc1CN(CC1CCCO1)C(=O)c1ccc(F)c(S(=O)(=O)N2CCCC2)c1. The summed E-state index contributed by atoms with van der Waals surface area (Å²) in [5.41, 5.74) is 0.945. The number of methoxy groups -OCH3 is 1. The van der Waals surface area contributed by atoms with Crippen molar-refractivity contribution in [1.29, 1.82) is 0 Å². The van der Waals surface area contributed by atoms with Gasteiger partial charge in [-0.3, -0.25) is 4.79 Å². The highest BCUT2D eigenvalue weighted by molar-refractivity contribution is 7.89. The van der Waals surface area contributed by atoms with Gasteiger partial charge in [0.1, 0.15) is 16.5 Å². The Bertz CT molecular complexity index is 1100. The second kappa shape index (κ2) is 10.2. The molecule has 33 heavy (non-hydrogen) atoms. The van der Waals surface area contributed by atoms with Crippen LogP contribution in [0.5, 0.6) is 5.75 Å². The minimum Gasteiger partial charge on any atom is -0.496 e. The Morgan fingerprint density at radius 2 is 1.94 bits per heavy atom. The Balaban J connectivity index is 1.65. The number of benzene rings is 2. The van der Waals surface area contributed by atoms with Crippen molar-refractivity contribution in [2.75, 3.05) is 33.4 Å². The van der Waals surface area contributed by atoms with Gasteiger partial charge in [-0.1, -0.05) is 18.2 Å². The number of halogens is 1. The summed E-state index contributed by atoms with van der Waals surface area (Å²) in [5.74, 6) is -0.581. The van der Waals surface area contributed by atoms with Crippen LogP contribution in [0.15, 0.2) is 47.4 Å². The van der Waals surface area contributed by atoms with Gasteiger partial charge in [-0.2, -0.15) is 4.31 Å². The van der Waals surface area contributed by atoms with Crippen molar-refractivity contribution in [2.24, 2.45) is 0 Å². The topological polar surface area (TPSA) is 76.1 Å². The standard InChI is InChI=1S/C24H29FN2O5S/c1-31-22-9-3-2-7-19(22)16-26(17-20-8-6-14-32-20)24(28)18-10-11-21(25)23(15-18)33(29,30)27-12-4-5-13-27/h2-3,7,9-11,15,20H,4-6,8,12-14,16-17H2,1H3. The molecule has 0 aromatic heterocycles. The number of hydrogen-bond donors (Lipinski definition) is 0. The molecule has 1 unspecified atom stereocenters. The maximum Gasteiger partial charge on any atom is 0.254 e. The van der Waals surface area contributed by atoms with Gasteiger partial charge in [0.15, 0.2) is 0 Å². The van der Waals surface area contributed by atoms with Gasteiger partial charge in [-0.05, 0) is 49.9 Å². The zero-order chi connectivity index (χ0) is 23.4. The van der Waals surface area contributed by atoms with Crippen molar-refractivity contribution in [2.45, 2.75) is 43.2 Å². The quantitative estimate of drug-likeness (QED) is 0.584. The van der Waals surface area contributed by atoms with Crippen LogP contribution in [0.4, 0.5) is 4.39 Å². The number of sulfonamides is 1. The number of rotatable bonds is 8. The summed E-state index contributed by atoms with van der Waals surface area (Å²) in [4.78, 5) is 14.7. The first-order valence-corrected chi connectivity index (χ1v) is 12.7. The maximum absolute atomic E-state index is 14.6. The van der Waals surface area contributed by atoms with Crippen LogP contribution in [0, 0.1) is 5.82 Å². The van der Waals surface area contributed by atoms with Gasteiger partial charge in [0.25, 0.3) is 5.91 Å². The van der Waals surface area contributed by atoms with Crippen LogP contribution in [-0.2, 0) is 21.3 Å². The van der Waals surface area contributed by atoms with Crippen LogP contribution in [0.3, 0.4) is 0 Å². The van der Waals surface area contributed by atoms with E-state index in [-0.39, 0.29) is 24.1 Å². The highest BCUT2D eigenvalue weighted by Crippen LogP contribution is 2.26. The van der Waals surface area contributed by atoms with Gasteiger partial charge in [-0.25, -0.2) is 12.8 Å². The average Bonchev–Trinajstić information content (AvgIpc) is 3.53. The normalized spacial score (nSPS) is 19.0. The number of hydrogen-bond acceptors (Lipinski definition) is 5. The molecule has 1 amide bonds. The molecule has 1 atom stereocenters. The molecule has 4 rings (SSSR count). The Kier molecular flexibility index (Phi) is 7.31. The second-order valence-electron chi connectivity index (χ2n) is 8.39. The summed E-state index contributed by atoms with van der Waals surface area (Å²) >= 11 is 0. The fourth-order valence-electron chi connectivity index (χ4n) is 4.38. The monoisotopic (exact) mass is 476 g/mol. The molecule has 7 nitrogen and oxygen atoms in total. The van der Waals surface area contributed by atoms with Crippen molar-refractivity contribution >= 4 is 15.9 Å². The third-order valence-corrected chi connectivity index (χ3v) is 8.06. The minimum atomic E-state index is -4.00. The molecular formula is C24H29FN2O5S. The first-order valence-electron chi connectivity index (χ1n) is 11.2. The summed E-state index contributed by atoms with van der Waals surface area (Å²) in [7, 11) is -2.43. The van der Waals surface area contributed by atoms with Crippen LogP contribution in [-0.4, -0.2) is 63.0 Å². The molecule has 0 bridgehead atoms. The second-order valence-corrected chi connectivity index (χ2v) is 10.3. The number of carbonyl (C=O) groups is 1.